The second-order valence-corrected chi connectivity index (χ2v) is 6.30. The van der Waals surface area contributed by atoms with Crippen LogP contribution in [-0.4, -0.2) is 35.0 Å². The Hall–Kier alpha value is -2.57. The topological polar surface area (TPSA) is 105 Å². The molecule has 128 valence electrons. The van der Waals surface area contributed by atoms with Crippen molar-refractivity contribution in [3.8, 4) is 5.75 Å². The Bertz CT molecular complexity index is 680. The summed E-state index contributed by atoms with van der Waals surface area (Å²) in [5, 5.41) is 14.8. The smallest absolute Gasteiger partial charge is 0.329 e. The van der Waals surface area contributed by atoms with Crippen LogP contribution in [0.5, 0.6) is 5.75 Å². The average Bonchev–Trinajstić information content (AvgIpc) is 3.02. The standard InChI is InChI=1S/C17H20N2O5/c20-14-6-3-11-9-12(4-5-13(11)18-14)24-10-15(21)19-17(16(22)23)7-1-2-8-17/h4-5,9H,1-3,6-8,10H2,(H,18,20)(H,19,21)(H,22,23). The molecule has 3 rings (SSSR count). The van der Waals surface area contributed by atoms with Crippen molar-refractivity contribution in [2.75, 3.05) is 11.9 Å². The van der Waals surface area contributed by atoms with Crippen molar-refractivity contribution < 1.29 is 24.2 Å². The fraction of sp³-hybridized carbons (Fsp3) is 0.471. The summed E-state index contributed by atoms with van der Waals surface area (Å²) >= 11 is 0. The molecule has 7 nitrogen and oxygen atoms in total. The molecule has 1 heterocycles. The van der Waals surface area contributed by atoms with Gasteiger partial charge in [0.15, 0.2) is 6.61 Å². The predicted octanol–water partition coefficient (Wildman–Crippen LogP) is 1.46. The van der Waals surface area contributed by atoms with E-state index in [1.165, 1.54) is 0 Å². The number of carbonyl (C=O) groups excluding carboxylic acids is 2. The second kappa shape index (κ2) is 6.51. The van der Waals surface area contributed by atoms with Gasteiger partial charge >= 0.3 is 5.97 Å². The minimum atomic E-state index is -1.15. The fourth-order valence-electron chi connectivity index (χ4n) is 3.27. The van der Waals surface area contributed by atoms with Crippen LogP contribution in [0.1, 0.15) is 37.7 Å². The van der Waals surface area contributed by atoms with E-state index in [2.05, 4.69) is 10.6 Å². The molecule has 2 amide bonds. The zero-order chi connectivity index (χ0) is 17.2. The molecule has 1 fully saturated rings. The van der Waals surface area contributed by atoms with Gasteiger partial charge in [-0.05, 0) is 43.0 Å². The Morgan fingerprint density at radius 3 is 2.71 bits per heavy atom. The first-order valence-electron chi connectivity index (χ1n) is 8.08. The van der Waals surface area contributed by atoms with Crippen LogP contribution in [0.2, 0.25) is 0 Å². The summed E-state index contributed by atoms with van der Waals surface area (Å²) in [6.45, 7) is -0.236. The summed E-state index contributed by atoms with van der Waals surface area (Å²) in [5.74, 6) is -0.912. The molecule has 7 heteroatoms. The van der Waals surface area contributed by atoms with Crippen molar-refractivity contribution >= 4 is 23.5 Å². The molecule has 2 aliphatic rings. The first-order valence-corrected chi connectivity index (χ1v) is 8.08. The Kier molecular flexibility index (Phi) is 4.42. The highest BCUT2D eigenvalue weighted by molar-refractivity contribution is 5.94. The third kappa shape index (κ3) is 3.34. The Balaban J connectivity index is 1.58. The van der Waals surface area contributed by atoms with Gasteiger partial charge in [0.1, 0.15) is 11.3 Å². The lowest BCUT2D eigenvalue weighted by molar-refractivity contribution is -0.147. The monoisotopic (exact) mass is 332 g/mol. The van der Waals surface area contributed by atoms with E-state index in [1.54, 1.807) is 18.2 Å². The lowest BCUT2D eigenvalue weighted by Crippen LogP contribution is -2.53. The van der Waals surface area contributed by atoms with E-state index < -0.39 is 17.4 Å². The molecule has 1 saturated carbocycles. The molecule has 0 spiro atoms. The molecule has 0 unspecified atom stereocenters. The molecule has 1 aliphatic carbocycles. The number of hydrogen-bond acceptors (Lipinski definition) is 4. The molecular weight excluding hydrogens is 312 g/mol. The summed E-state index contributed by atoms with van der Waals surface area (Å²) in [6, 6.07) is 5.22. The number of rotatable bonds is 5. The van der Waals surface area contributed by atoms with Crippen LogP contribution in [0.3, 0.4) is 0 Å². The van der Waals surface area contributed by atoms with Gasteiger partial charge in [-0.1, -0.05) is 12.8 Å². The van der Waals surface area contributed by atoms with Gasteiger partial charge < -0.3 is 20.5 Å². The number of nitrogens with one attached hydrogen (secondary N) is 2. The van der Waals surface area contributed by atoms with Gasteiger partial charge in [0, 0.05) is 12.1 Å². The van der Waals surface area contributed by atoms with Crippen molar-refractivity contribution in [2.24, 2.45) is 0 Å². The largest absolute Gasteiger partial charge is 0.484 e. The average molecular weight is 332 g/mol. The molecule has 0 saturated heterocycles. The molecule has 0 atom stereocenters. The highest BCUT2D eigenvalue weighted by Gasteiger charge is 2.42. The summed E-state index contributed by atoms with van der Waals surface area (Å²) in [4.78, 5) is 34.8. The molecule has 1 aromatic rings. The number of carboxylic acid groups (broad SMARTS) is 1. The number of aryl methyl sites for hydroxylation is 1. The van der Waals surface area contributed by atoms with Crippen molar-refractivity contribution in [3.63, 3.8) is 0 Å². The van der Waals surface area contributed by atoms with Crippen molar-refractivity contribution in [3.05, 3.63) is 23.8 Å². The third-order valence-corrected chi connectivity index (χ3v) is 4.59. The minimum absolute atomic E-state index is 0.00826. The van der Waals surface area contributed by atoms with Gasteiger partial charge in [-0.25, -0.2) is 4.79 Å². The lowest BCUT2D eigenvalue weighted by atomic mass is 9.98. The summed E-state index contributed by atoms with van der Waals surface area (Å²) in [6.07, 6.45) is 3.55. The van der Waals surface area contributed by atoms with Gasteiger partial charge in [0.25, 0.3) is 5.91 Å². The molecular formula is C17H20N2O5. The van der Waals surface area contributed by atoms with Gasteiger partial charge in [0.05, 0.1) is 0 Å². The molecule has 0 bridgehead atoms. The zero-order valence-corrected chi connectivity index (χ0v) is 13.3. The Labute approximate surface area is 139 Å². The van der Waals surface area contributed by atoms with Gasteiger partial charge in [-0.15, -0.1) is 0 Å². The molecule has 0 aromatic heterocycles. The van der Waals surface area contributed by atoms with Crippen LogP contribution in [-0.2, 0) is 20.8 Å². The molecule has 1 aromatic carbocycles. The maximum atomic E-state index is 12.1. The molecule has 3 N–H and O–H groups in total. The maximum absolute atomic E-state index is 12.1. The number of benzene rings is 1. The number of fused-ring (bicyclic) bond motifs is 1. The first-order chi connectivity index (χ1) is 11.5. The molecule has 1 aliphatic heterocycles. The molecule has 0 radical (unpaired) electrons. The van der Waals surface area contributed by atoms with E-state index in [4.69, 9.17) is 4.74 Å². The Morgan fingerprint density at radius 1 is 1.25 bits per heavy atom. The van der Waals surface area contributed by atoms with Crippen molar-refractivity contribution in [1.29, 1.82) is 0 Å². The highest BCUT2D eigenvalue weighted by Crippen LogP contribution is 2.30. The number of carboxylic acids is 1. The number of aliphatic carboxylic acids is 1. The summed E-state index contributed by atoms with van der Waals surface area (Å²) < 4.78 is 5.48. The summed E-state index contributed by atoms with van der Waals surface area (Å²) in [7, 11) is 0. The fourth-order valence-corrected chi connectivity index (χ4v) is 3.27. The Morgan fingerprint density at radius 2 is 2.00 bits per heavy atom. The van der Waals surface area contributed by atoms with E-state index in [1.807, 2.05) is 0 Å². The van der Waals surface area contributed by atoms with Crippen LogP contribution in [0.4, 0.5) is 5.69 Å². The SMILES string of the molecule is O=C1CCc2cc(OCC(=O)NC3(C(=O)O)CCCC3)ccc2N1. The van der Waals surface area contributed by atoms with Crippen molar-refractivity contribution in [2.45, 2.75) is 44.1 Å². The highest BCUT2D eigenvalue weighted by atomic mass is 16.5. The van der Waals surface area contributed by atoms with Crippen LogP contribution in [0.25, 0.3) is 0 Å². The lowest BCUT2D eigenvalue weighted by Gasteiger charge is -2.25. The van der Waals surface area contributed by atoms with E-state index >= 15 is 0 Å². The van der Waals surface area contributed by atoms with E-state index in [-0.39, 0.29) is 12.5 Å². The van der Waals surface area contributed by atoms with Gasteiger partial charge in [-0.3, -0.25) is 9.59 Å². The van der Waals surface area contributed by atoms with Crippen LogP contribution >= 0.6 is 0 Å². The van der Waals surface area contributed by atoms with E-state index in [0.717, 1.165) is 24.1 Å². The van der Waals surface area contributed by atoms with Crippen molar-refractivity contribution in [1.82, 2.24) is 5.32 Å². The van der Waals surface area contributed by atoms with Crippen LogP contribution in [0.15, 0.2) is 18.2 Å². The quantitative estimate of drug-likeness (QED) is 0.757. The summed E-state index contributed by atoms with van der Waals surface area (Å²) in [5.41, 5.74) is 0.574. The van der Waals surface area contributed by atoms with Crippen LogP contribution in [0, 0.1) is 0 Å². The number of amides is 2. The predicted molar refractivity (Wildman–Crippen MR) is 85.9 cm³/mol. The first kappa shape index (κ1) is 16.3. The van der Waals surface area contributed by atoms with Gasteiger partial charge in [-0.2, -0.15) is 0 Å². The van der Waals surface area contributed by atoms with Gasteiger partial charge in [0.2, 0.25) is 5.91 Å². The number of anilines is 1. The van der Waals surface area contributed by atoms with E-state index in [0.29, 0.717) is 31.4 Å². The normalized spacial score (nSPS) is 18.4. The number of carbonyl (C=O) groups is 3. The number of hydrogen-bond donors (Lipinski definition) is 3. The second-order valence-electron chi connectivity index (χ2n) is 6.30. The minimum Gasteiger partial charge on any atom is -0.484 e. The van der Waals surface area contributed by atoms with Crippen LogP contribution < -0.4 is 15.4 Å². The molecule has 24 heavy (non-hydrogen) atoms. The number of ether oxygens (including phenoxy) is 1. The maximum Gasteiger partial charge on any atom is 0.329 e. The zero-order valence-electron chi connectivity index (χ0n) is 13.3. The van der Waals surface area contributed by atoms with E-state index in [9.17, 15) is 19.5 Å². The third-order valence-electron chi connectivity index (χ3n) is 4.59.